The molecule has 0 aliphatic heterocycles. The van der Waals surface area contributed by atoms with Gasteiger partial charge in [-0.15, -0.1) is 0 Å². The molecule has 0 spiro atoms. The summed E-state index contributed by atoms with van der Waals surface area (Å²) in [7, 11) is 3.41. The first-order valence-corrected chi connectivity index (χ1v) is 5.54. The molecule has 0 fully saturated rings. The Bertz CT molecular complexity index is 407. The van der Waals surface area contributed by atoms with Gasteiger partial charge in [0.05, 0.1) is 12.2 Å². The van der Waals surface area contributed by atoms with Crippen molar-refractivity contribution in [2.75, 3.05) is 25.5 Å². The lowest BCUT2D eigenvalue weighted by Gasteiger charge is -2.19. The number of halogens is 1. The molecule has 4 nitrogen and oxygen atoms in total. The first-order chi connectivity index (χ1) is 7.58. The quantitative estimate of drug-likeness (QED) is 0.852. The lowest BCUT2D eigenvalue weighted by Crippen LogP contribution is -2.33. The van der Waals surface area contributed by atoms with Crippen LogP contribution in [0, 0.1) is 0 Å². The molecule has 1 N–H and O–H groups in total. The first-order valence-electron chi connectivity index (χ1n) is 4.75. The van der Waals surface area contributed by atoms with Crippen LogP contribution in [0.15, 0.2) is 22.7 Å². The van der Waals surface area contributed by atoms with Crippen molar-refractivity contribution in [2.45, 2.75) is 0 Å². The lowest BCUT2D eigenvalue weighted by atomic mass is 10.2. The van der Waals surface area contributed by atoms with Gasteiger partial charge in [0.15, 0.2) is 0 Å². The van der Waals surface area contributed by atoms with Crippen molar-refractivity contribution in [2.24, 2.45) is 0 Å². The monoisotopic (exact) mass is 284 g/mol. The molecule has 0 aromatic heterocycles. The molecule has 16 heavy (non-hydrogen) atoms. The first kappa shape index (κ1) is 12.7. The smallest absolute Gasteiger partial charge is 0.239 e. The molecule has 0 radical (unpaired) electrons. The van der Waals surface area contributed by atoms with E-state index >= 15 is 0 Å². The molecule has 0 unspecified atom stereocenters. The Hall–Kier alpha value is -1.36. The molecule has 1 aromatic rings. The summed E-state index contributed by atoms with van der Waals surface area (Å²) in [5.41, 5.74) is 1.47. The number of hydrogen-bond donors (Lipinski definition) is 1. The third kappa shape index (κ3) is 3.06. The van der Waals surface area contributed by atoms with Crippen LogP contribution in [0.3, 0.4) is 0 Å². The molecular formula is C11H13BrN2O2. The number of carbonyl (C=O) groups is 2. The highest BCUT2D eigenvalue weighted by Crippen LogP contribution is 2.25. The molecule has 0 saturated carbocycles. The zero-order valence-corrected chi connectivity index (χ0v) is 10.7. The van der Waals surface area contributed by atoms with Crippen molar-refractivity contribution >= 4 is 33.8 Å². The Labute approximate surface area is 103 Å². The van der Waals surface area contributed by atoms with Gasteiger partial charge in [0, 0.05) is 24.1 Å². The molecule has 0 saturated heterocycles. The third-order valence-electron chi connectivity index (χ3n) is 2.18. The predicted octanol–water partition coefficient (Wildman–Crippen LogP) is 1.44. The van der Waals surface area contributed by atoms with Crippen molar-refractivity contribution in [3.63, 3.8) is 0 Å². The third-order valence-corrected chi connectivity index (χ3v) is 2.81. The van der Waals surface area contributed by atoms with Crippen LogP contribution in [-0.4, -0.2) is 32.8 Å². The lowest BCUT2D eigenvalue weighted by molar-refractivity contribution is -0.119. The maximum Gasteiger partial charge on any atom is 0.239 e. The van der Waals surface area contributed by atoms with Gasteiger partial charge in [0.2, 0.25) is 5.91 Å². The minimum Gasteiger partial charge on any atom is -0.364 e. The number of nitrogens with zero attached hydrogens (tertiary/aromatic N) is 1. The van der Waals surface area contributed by atoms with Gasteiger partial charge in [-0.05, 0) is 34.1 Å². The summed E-state index contributed by atoms with van der Waals surface area (Å²) in [6, 6.07) is 5.24. The van der Waals surface area contributed by atoms with Gasteiger partial charge in [-0.3, -0.25) is 9.59 Å². The van der Waals surface area contributed by atoms with Crippen molar-refractivity contribution < 1.29 is 9.59 Å². The van der Waals surface area contributed by atoms with Crippen LogP contribution in [0.1, 0.15) is 10.4 Å². The highest BCUT2D eigenvalue weighted by Gasteiger charge is 2.09. The van der Waals surface area contributed by atoms with E-state index in [1.54, 1.807) is 30.1 Å². The fourth-order valence-electron chi connectivity index (χ4n) is 1.29. The van der Waals surface area contributed by atoms with E-state index in [1.807, 2.05) is 7.05 Å². The highest BCUT2D eigenvalue weighted by atomic mass is 79.9. The van der Waals surface area contributed by atoms with Crippen molar-refractivity contribution in [1.29, 1.82) is 0 Å². The molecule has 0 aliphatic carbocycles. The molecule has 1 amide bonds. The second-order valence-corrected chi connectivity index (χ2v) is 4.21. The van der Waals surface area contributed by atoms with Crippen LogP contribution in [0.4, 0.5) is 5.69 Å². The van der Waals surface area contributed by atoms with Crippen molar-refractivity contribution in [1.82, 2.24) is 5.32 Å². The summed E-state index contributed by atoms with van der Waals surface area (Å²) in [4.78, 5) is 23.6. The Kier molecular flexibility index (Phi) is 4.49. The molecular weight excluding hydrogens is 272 g/mol. The predicted molar refractivity (Wildman–Crippen MR) is 66.9 cm³/mol. The van der Waals surface area contributed by atoms with E-state index in [4.69, 9.17) is 0 Å². The summed E-state index contributed by atoms with van der Waals surface area (Å²) >= 11 is 3.37. The standard InChI is InChI=1S/C11H13BrN2O2/c1-13-11(16)6-14(2)10-4-3-8(7-15)5-9(10)12/h3-5,7H,6H2,1-2H3,(H,13,16). The molecule has 86 valence electrons. The number of hydrogen-bond acceptors (Lipinski definition) is 3. The van der Waals surface area contributed by atoms with Crippen LogP contribution in [0.5, 0.6) is 0 Å². The van der Waals surface area contributed by atoms with Crippen LogP contribution in [0.25, 0.3) is 0 Å². The van der Waals surface area contributed by atoms with Gasteiger partial charge < -0.3 is 10.2 Å². The van der Waals surface area contributed by atoms with Crippen LogP contribution >= 0.6 is 15.9 Å². The number of anilines is 1. The van der Waals surface area contributed by atoms with Crippen LogP contribution in [0.2, 0.25) is 0 Å². The summed E-state index contributed by atoms with van der Waals surface area (Å²) in [5.74, 6) is -0.0612. The number of aldehydes is 1. The average Bonchev–Trinajstić information content (AvgIpc) is 2.28. The molecule has 1 aromatic carbocycles. The van der Waals surface area contributed by atoms with Crippen LogP contribution < -0.4 is 10.2 Å². The van der Waals surface area contributed by atoms with E-state index in [1.165, 1.54) is 0 Å². The normalized spacial score (nSPS) is 9.69. The summed E-state index contributed by atoms with van der Waals surface area (Å²) < 4.78 is 0.795. The Balaban J connectivity index is 2.87. The largest absolute Gasteiger partial charge is 0.364 e. The summed E-state index contributed by atoms with van der Waals surface area (Å²) in [5, 5.41) is 2.56. The van der Waals surface area contributed by atoms with Crippen molar-refractivity contribution in [3.05, 3.63) is 28.2 Å². The number of nitrogens with one attached hydrogen (secondary N) is 1. The highest BCUT2D eigenvalue weighted by molar-refractivity contribution is 9.10. The fourth-order valence-corrected chi connectivity index (χ4v) is 1.98. The Morgan fingerprint density at radius 3 is 2.75 bits per heavy atom. The molecule has 0 aliphatic rings. The molecule has 1 rings (SSSR count). The zero-order valence-electron chi connectivity index (χ0n) is 9.16. The van der Waals surface area contributed by atoms with Crippen molar-refractivity contribution in [3.8, 4) is 0 Å². The van der Waals surface area contributed by atoms with Gasteiger partial charge in [-0.25, -0.2) is 0 Å². The Morgan fingerprint density at radius 1 is 1.56 bits per heavy atom. The van der Waals surface area contributed by atoms with E-state index in [0.717, 1.165) is 16.4 Å². The topological polar surface area (TPSA) is 49.4 Å². The molecule has 0 heterocycles. The number of amides is 1. The fraction of sp³-hybridized carbons (Fsp3) is 0.273. The van der Waals surface area contributed by atoms with Crippen LogP contribution in [-0.2, 0) is 4.79 Å². The van der Waals surface area contributed by atoms with E-state index in [-0.39, 0.29) is 12.5 Å². The second kappa shape index (κ2) is 5.65. The minimum absolute atomic E-state index is 0.0612. The molecule has 0 atom stereocenters. The van der Waals surface area contributed by atoms with E-state index in [9.17, 15) is 9.59 Å². The van der Waals surface area contributed by atoms with Gasteiger partial charge in [-0.1, -0.05) is 0 Å². The SMILES string of the molecule is CNC(=O)CN(C)c1ccc(C=O)cc1Br. The van der Waals surface area contributed by atoms with Gasteiger partial charge in [0.25, 0.3) is 0 Å². The number of carbonyl (C=O) groups excluding carboxylic acids is 2. The Morgan fingerprint density at radius 2 is 2.25 bits per heavy atom. The molecule has 0 bridgehead atoms. The maximum absolute atomic E-state index is 11.2. The minimum atomic E-state index is -0.0612. The maximum atomic E-state index is 11.2. The van der Waals surface area contributed by atoms with Gasteiger partial charge >= 0.3 is 0 Å². The summed E-state index contributed by atoms with van der Waals surface area (Å²) in [6.45, 7) is 0.273. The number of benzene rings is 1. The van der Waals surface area contributed by atoms with E-state index < -0.39 is 0 Å². The average molecular weight is 285 g/mol. The van der Waals surface area contributed by atoms with Gasteiger partial charge in [0.1, 0.15) is 6.29 Å². The van der Waals surface area contributed by atoms with E-state index in [2.05, 4.69) is 21.2 Å². The second-order valence-electron chi connectivity index (χ2n) is 3.36. The number of likely N-dealkylation sites (N-methyl/N-ethyl adjacent to an activating group) is 2. The zero-order chi connectivity index (χ0) is 12.1. The summed E-state index contributed by atoms with van der Waals surface area (Å²) in [6.07, 6.45) is 0.785. The van der Waals surface area contributed by atoms with E-state index in [0.29, 0.717) is 5.56 Å². The number of rotatable bonds is 4. The molecule has 5 heteroatoms. The van der Waals surface area contributed by atoms with Gasteiger partial charge in [-0.2, -0.15) is 0 Å².